The number of nitrogens with two attached hydrogens (primary N) is 1. The number of anilines is 1. The lowest BCUT2D eigenvalue weighted by molar-refractivity contribution is 0.0527. The molecule has 7 heteroatoms. The number of carbonyl (C=O) groups is 2. The normalized spacial score (nSPS) is 10.9. The van der Waals surface area contributed by atoms with Gasteiger partial charge in [-0.2, -0.15) is 0 Å². The van der Waals surface area contributed by atoms with E-state index in [1.165, 1.54) is 12.1 Å². The average Bonchev–Trinajstić information content (AvgIpc) is 2.38. The van der Waals surface area contributed by atoms with Crippen molar-refractivity contribution in [3.63, 3.8) is 0 Å². The fourth-order valence-corrected chi connectivity index (χ4v) is 1.61. The number of hydrogen-bond donors (Lipinski definition) is 3. The molecule has 0 heterocycles. The molecule has 1 rings (SSSR count). The van der Waals surface area contributed by atoms with E-state index in [0.717, 1.165) is 6.07 Å². The van der Waals surface area contributed by atoms with Crippen LogP contribution in [0.4, 0.5) is 14.9 Å². The zero-order valence-electron chi connectivity index (χ0n) is 13.0. The molecule has 0 unspecified atom stereocenters. The number of halogens is 1. The molecule has 0 aliphatic heterocycles. The van der Waals surface area contributed by atoms with Crippen molar-refractivity contribution in [2.75, 3.05) is 18.8 Å². The molecule has 0 bridgehead atoms. The minimum absolute atomic E-state index is 0.0971. The molecule has 4 N–H and O–H groups in total. The van der Waals surface area contributed by atoms with Gasteiger partial charge in [0.25, 0.3) is 5.91 Å². The lowest BCUT2D eigenvalue weighted by Crippen LogP contribution is -2.34. The molecular formula is C15H22FN3O3. The summed E-state index contributed by atoms with van der Waals surface area (Å²) in [4.78, 5) is 23.2. The number of alkyl carbamates (subject to hydrolysis) is 1. The van der Waals surface area contributed by atoms with E-state index in [2.05, 4.69) is 10.6 Å². The van der Waals surface area contributed by atoms with Crippen LogP contribution in [0.2, 0.25) is 0 Å². The maximum Gasteiger partial charge on any atom is 0.407 e. The molecule has 0 aromatic heterocycles. The second kappa shape index (κ2) is 7.63. The third-order valence-corrected chi connectivity index (χ3v) is 2.54. The second-order valence-electron chi connectivity index (χ2n) is 5.78. The van der Waals surface area contributed by atoms with Crippen LogP contribution in [0.1, 0.15) is 37.6 Å². The van der Waals surface area contributed by atoms with Crippen LogP contribution in [0.25, 0.3) is 0 Å². The molecule has 22 heavy (non-hydrogen) atoms. The maximum atomic E-state index is 13.5. The van der Waals surface area contributed by atoms with Crippen molar-refractivity contribution in [3.8, 4) is 0 Å². The van der Waals surface area contributed by atoms with Crippen LogP contribution in [0, 0.1) is 5.82 Å². The van der Waals surface area contributed by atoms with E-state index in [-0.39, 0.29) is 5.56 Å². The summed E-state index contributed by atoms with van der Waals surface area (Å²) < 4.78 is 18.5. The molecule has 0 atom stereocenters. The second-order valence-corrected chi connectivity index (χ2v) is 5.78. The van der Waals surface area contributed by atoms with Crippen LogP contribution in [0.3, 0.4) is 0 Å². The summed E-state index contributed by atoms with van der Waals surface area (Å²) in [5.41, 5.74) is 5.19. The molecule has 0 aliphatic rings. The predicted molar refractivity (Wildman–Crippen MR) is 82.0 cm³/mol. The first-order valence-corrected chi connectivity index (χ1v) is 6.99. The largest absolute Gasteiger partial charge is 0.444 e. The Morgan fingerprint density at radius 2 is 1.86 bits per heavy atom. The van der Waals surface area contributed by atoms with Crippen molar-refractivity contribution in [1.29, 1.82) is 0 Å². The predicted octanol–water partition coefficient (Wildman–Crippen LogP) is 2.05. The van der Waals surface area contributed by atoms with E-state index in [0.29, 0.717) is 25.2 Å². The van der Waals surface area contributed by atoms with Gasteiger partial charge in [0, 0.05) is 18.8 Å². The first-order valence-electron chi connectivity index (χ1n) is 6.99. The van der Waals surface area contributed by atoms with E-state index in [9.17, 15) is 14.0 Å². The monoisotopic (exact) mass is 311 g/mol. The number of rotatable bonds is 5. The van der Waals surface area contributed by atoms with E-state index < -0.39 is 23.4 Å². The SMILES string of the molecule is CC(C)(C)OC(=O)NCCCNC(=O)c1cc(N)ccc1F. The molecule has 0 spiro atoms. The Kier molecular flexibility index (Phi) is 6.15. The van der Waals surface area contributed by atoms with E-state index in [4.69, 9.17) is 10.5 Å². The highest BCUT2D eigenvalue weighted by Crippen LogP contribution is 2.11. The van der Waals surface area contributed by atoms with Gasteiger partial charge in [-0.05, 0) is 45.4 Å². The van der Waals surface area contributed by atoms with Crippen LogP contribution in [-0.4, -0.2) is 30.7 Å². The fourth-order valence-electron chi connectivity index (χ4n) is 1.61. The highest BCUT2D eigenvalue weighted by molar-refractivity contribution is 5.95. The number of carbonyl (C=O) groups excluding carboxylic acids is 2. The first kappa shape index (κ1) is 17.7. The van der Waals surface area contributed by atoms with Crippen LogP contribution in [0.5, 0.6) is 0 Å². The molecule has 1 aromatic carbocycles. The van der Waals surface area contributed by atoms with E-state index in [1.807, 2.05) is 0 Å². The van der Waals surface area contributed by atoms with Crippen molar-refractivity contribution in [3.05, 3.63) is 29.6 Å². The van der Waals surface area contributed by atoms with Crippen molar-refractivity contribution >= 4 is 17.7 Å². The molecule has 0 fully saturated rings. The highest BCUT2D eigenvalue weighted by atomic mass is 19.1. The smallest absolute Gasteiger partial charge is 0.407 e. The molecule has 2 amide bonds. The Balaban J connectivity index is 2.29. The lowest BCUT2D eigenvalue weighted by atomic mass is 10.1. The average molecular weight is 311 g/mol. The van der Waals surface area contributed by atoms with Gasteiger partial charge in [0.15, 0.2) is 0 Å². The number of ether oxygens (including phenoxy) is 1. The Morgan fingerprint density at radius 3 is 2.50 bits per heavy atom. The van der Waals surface area contributed by atoms with Crippen molar-refractivity contribution in [2.24, 2.45) is 0 Å². The minimum atomic E-state index is -0.626. The van der Waals surface area contributed by atoms with Crippen LogP contribution in [0.15, 0.2) is 18.2 Å². The molecule has 0 saturated heterocycles. The Bertz CT molecular complexity index is 541. The van der Waals surface area contributed by atoms with Gasteiger partial charge in [0.2, 0.25) is 0 Å². The zero-order valence-corrected chi connectivity index (χ0v) is 13.0. The molecule has 0 aliphatic carbocycles. The Hall–Kier alpha value is -2.31. The standard InChI is InChI=1S/C15H22FN3O3/c1-15(2,3)22-14(21)19-8-4-7-18-13(20)11-9-10(17)5-6-12(11)16/h5-6,9H,4,7-8,17H2,1-3H3,(H,18,20)(H,19,21). The number of benzene rings is 1. The summed E-state index contributed by atoms with van der Waals surface area (Å²) in [7, 11) is 0. The molecule has 0 radical (unpaired) electrons. The summed E-state index contributed by atoms with van der Waals surface area (Å²) in [6.45, 7) is 5.95. The number of nitrogen functional groups attached to an aromatic ring is 1. The van der Waals surface area contributed by atoms with Crippen LogP contribution in [-0.2, 0) is 4.74 Å². The van der Waals surface area contributed by atoms with Gasteiger partial charge in [-0.1, -0.05) is 0 Å². The molecule has 1 aromatic rings. The summed E-state index contributed by atoms with van der Waals surface area (Å²) in [6, 6.07) is 3.81. The minimum Gasteiger partial charge on any atom is -0.444 e. The Morgan fingerprint density at radius 1 is 1.23 bits per heavy atom. The van der Waals surface area contributed by atoms with Gasteiger partial charge >= 0.3 is 6.09 Å². The van der Waals surface area contributed by atoms with Gasteiger partial charge in [-0.3, -0.25) is 4.79 Å². The summed E-state index contributed by atoms with van der Waals surface area (Å²) in [5, 5.41) is 5.13. The zero-order chi connectivity index (χ0) is 16.8. The summed E-state index contributed by atoms with van der Waals surface area (Å²) in [6.07, 6.45) is -0.0183. The van der Waals surface area contributed by atoms with Crippen molar-refractivity contribution < 1.29 is 18.7 Å². The van der Waals surface area contributed by atoms with Gasteiger partial charge < -0.3 is 21.1 Å². The topological polar surface area (TPSA) is 93.5 Å². The van der Waals surface area contributed by atoms with Crippen LogP contribution >= 0.6 is 0 Å². The molecule has 6 nitrogen and oxygen atoms in total. The molecular weight excluding hydrogens is 289 g/mol. The van der Waals surface area contributed by atoms with Gasteiger partial charge in [-0.25, -0.2) is 9.18 Å². The first-order chi connectivity index (χ1) is 10.2. The molecule has 0 saturated carbocycles. The molecule has 122 valence electrons. The summed E-state index contributed by atoms with van der Waals surface area (Å²) >= 11 is 0. The van der Waals surface area contributed by atoms with Crippen molar-refractivity contribution in [2.45, 2.75) is 32.8 Å². The lowest BCUT2D eigenvalue weighted by Gasteiger charge is -2.19. The van der Waals surface area contributed by atoms with E-state index >= 15 is 0 Å². The van der Waals surface area contributed by atoms with E-state index in [1.54, 1.807) is 20.8 Å². The third-order valence-electron chi connectivity index (χ3n) is 2.54. The van der Waals surface area contributed by atoms with Crippen LogP contribution < -0.4 is 16.4 Å². The highest BCUT2D eigenvalue weighted by Gasteiger charge is 2.15. The quantitative estimate of drug-likeness (QED) is 0.573. The van der Waals surface area contributed by atoms with Gasteiger partial charge in [0.1, 0.15) is 11.4 Å². The number of hydrogen-bond acceptors (Lipinski definition) is 4. The maximum absolute atomic E-state index is 13.5. The summed E-state index contributed by atoms with van der Waals surface area (Å²) in [5.74, 6) is -1.17. The Labute approximate surface area is 129 Å². The van der Waals surface area contributed by atoms with Gasteiger partial charge in [0.05, 0.1) is 5.56 Å². The number of nitrogens with one attached hydrogen (secondary N) is 2. The van der Waals surface area contributed by atoms with Gasteiger partial charge in [-0.15, -0.1) is 0 Å². The number of amides is 2. The fraction of sp³-hybridized carbons (Fsp3) is 0.467. The van der Waals surface area contributed by atoms with Crippen molar-refractivity contribution in [1.82, 2.24) is 10.6 Å². The third kappa shape index (κ3) is 6.43.